The van der Waals surface area contributed by atoms with Gasteiger partial charge in [0.2, 0.25) is 17.7 Å². The minimum Gasteiger partial charge on any atom is -0.394 e. The van der Waals surface area contributed by atoms with Crippen LogP contribution in [0.5, 0.6) is 0 Å². The number of carbonyl (C=O) groups is 3. The van der Waals surface area contributed by atoms with Gasteiger partial charge in [0.15, 0.2) is 0 Å². The summed E-state index contributed by atoms with van der Waals surface area (Å²) in [5.74, 6) is -2.31. The smallest absolute Gasteiger partial charge is 0.249 e. The summed E-state index contributed by atoms with van der Waals surface area (Å²) in [5.41, 5.74) is -1.35. The van der Waals surface area contributed by atoms with Crippen molar-refractivity contribution in [2.45, 2.75) is 83.2 Å². The number of benzene rings is 1. The van der Waals surface area contributed by atoms with E-state index in [1.807, 2.05) is 80.3 Å². The average Bonchev–Trinajstić information content (AvgIpc) is 3.24. The number of hydrogen-bond acceptors (Lipinski definition) is 5. The number of aliphatic hydroxyl groups excluding tert-OH is 1. The molecule has 8 heteroatoms. The molecule has 1 aromatic rings. The molecule has 1 aromatic carbocycles. The van der Waals surface area contributed by atoms with Crippen LogP contribution in [0.3, 0.4) is 0 Å². The zero-order chi connectivity index (χ0) is 29.4. The van der Waals surface area contributed by atoms with Crippen molar-refractivity contribution in [3.05, 3.63) is 60.2 Å². The van der Waals surface area contributed by atoms with E-state index in [1.165, 1.54) is 0 Å². The first-order valence-corrected chi connectivity index (χ1v) is 15.3. The fourth-order valence-electron chi connectivity index (χ4n) is 7.43. The van der Waals surface area contributed by atoms with Crippen LogP contribution in [0, 0.1) is 17.8 Å². The number of aliphatic hydroxyl groups is 1. The number of amides is 3. The lowest BCUT2D eigenvalue weighted by atomic mass is 9.74. The van der Waals surface area contributed by atoms with Gasteiger partial charge < -0.3 is 24.5 Å². The molecule has 2 saturated heterocycles. The molecule has 5 rings (SSSR count). The number of hydrogen-bond donors (Lipinski definition) is 1. The van der Waals surface area contributed by atoms with Crippen LogP contribution in [-0.2, 0) is 25.7 Å². The molecule has 7 atom stereocenters. The van der Waals surface area contributed by atoms with Gasteiger partial charge in [-0.15, -0.1) is 0 Å². The number of unbranched alkanes of at least 4 members (excludes halogenated alkanes) is 2. The molecule has 0 aliphatic carbocycles. The van der Waals surface area contributed by atoms with Crippen LogP contribution in [-0.4, -0.2) is 87.1 Å². The van der Waals surface area contributed by atoms with Crippen molar-refractivity contribution in [3.63, 3.8) is 0 Å². The fraction of sp³-hybridized carbons (Fsp3) is 0.606. The predicted octanol–water partition coefficient (Wildman–Crippen LogP) is 3.55. The van der Waals surface area contributed by atoms with Crippen LogP contribution in [0.4, 0.5) is 0 Å². The monoisotopic (exact) mass is 563 g/mol. The molecule has 0 bridgehead atoms. The molecule has 4 aliphatic heterocycles. The predicted molar refractivity (Wildman–Crippen MR) is 156 cm³/mol. The van der Waals surface area contributed by atoms with E-state index in [0.717, 1.165) is 31.2 Å². The third-order valence-electron chi connectivity index (χ3n) is 9.75. The average molecular weight is 564 g/mol. The van der Waals surface area contributed by atoms with Crippen LogP contribution in [0.2, 0.25) is 0 Å². The molecular formula is C33H45N3O5. The molecule has 1 spiro atoms. The zero-order valence-corrected chi connectivity index (χ0v) is 24.9. The number of ether oxygens (including phenoxy) is 1. The Balaban J connectivity index is 1.59. The van der Waals surface area contributed by atoms with Crippen molar-refractivity contribution >= 4 is 17.7 Å². The van der Waals surface area contributed by atoms with Crippen LogP contribution < -0.4 is 0 Å². The largest absolute Gasteiger partial charge is 0.394 e. The first-order valence-electron chi connectivity index (χ1n) is 15.3. The summed E-state index contributed by atoms with van der Waals surface area (Å²) in [5, 5.41) is 10.6. The zero-order valence-electron chi connectivity index (χ0n) is 24.9. The summed E-state index contributed by atoms with van der Waals surface area (Å²) in [6.07, 6.45) is 11.4. The maximum absolute atomic E-state index is 14.6. The fourth-order valence-corrected chi connectivity index (χ4v) is 7.43. The van der Waals surface area contributed by atoms with Gasteiger partial charge in [0, 0.05) is 26.2 Å². The number of nitrogens with zero attached hydrogens (tertiary/aromatic N) is 3. The molecule has 41 heavy (non-hydrogen) atoms. The Morgan fingerprint density at radius 3 is 2.34 bits per heavy atom. The van der Waals surface area contributed by atoms with Gasteiger partial charge >= 0.3 is 0 Å². The van der Waals surface area contributed by atoms with Crippen molar-refractivity contribution < 1.29 is 24.2 Å². The van der Waals surface area contributed by atoms with Crippen molar-refractivity contribution in [2.75, 3.05) is 26.2 Å². The Morgan fingerprint density at radius 1 is 0.951 bits per heavy atom. The highest BCUT2D eigenvalue weighted by Crippen LogP contribution is 2.58. The van der Waals surface area contributed by atoms with Crippen molar-refractivity contribution in [3.8, 4) is 0 Å². The van der Waals surface area contributed by atoms with Crippen LogP contribution in [0.25, 0.3) is 0 Å². The molecule has 0 aromatic heterocycles. The molecule has 222 valence electrons. The van der Waals surface area contributed by atoms with Gasteiger partial charge in [-0.2, -0.15) is 0 Å². The third kappa shape index (κ3) is 4.93. The standard InChI is InChI=1S/C33H45N3O5/c1-5-7-11-18-34-19-13-17-33-27(30(39)36(28(33)31(34)40)25(22-37)23(3)6-2)26-29(38)35(20-12-16-32(26,4)41-33)21-24-14-9-8-10-15-24/h8-10,12-17,23,25-28,37H,5-7,11,18-22H2,1-4H3/t23-,25-,26+,27-,28?,32-,33-/m0/s1. The summed E-state index contributed by atoms with van der Waals surface area (Å²) >= 11 is 0. The van der Waals surface area contributed by atoms with Gasteiger partial charge in [-0.25, -0.2) is 0 Å². The highest BCUT2D eigenvalue weighted by Gasteiger charge is 2.75. The second kappa shape index (κ2) is 11.7. The summed E-state index contributed by atoms with van der Waals surface area (Å²) in [4.78, 5) is 48.7. The molecule has 3 amide bonds. The van der Waals surface area contributed by atoms with E-state index in [9.17, 15) is 19.5 Å². The Kier molecular flexibility index (Phi) is 8.44. The SMILES string of the molecule is CCCCCN1CC=C[C@]23O[C@@]4(C)C=CCN(Cc5ccccc5)C(=O)[C@H]4[C@H]2C(=O)N([C@@H](CO)[C@@H](C)CC)C3C1=O. The normalized spacial score (nSPS) is 32.5. The van der Waals surface area contributed by atoms with Crippen LogP contribution >= 0.6 is 0 Å². The number of rotatable bonds is 10. The molecule has 0 saturated carbocycles. The van der Waals surface area contributed by atoms with Crippen molar-refractivity contribution in [1.82, 2.24) is 14.7 Å². The van der Waals surface area contributed by atoms with Gasteiger partial charge in [0.25, 0.3) is 0 Å². The van der Waals surface area contributed by atoms with Gasteiger partial charge in [-0.05, 0) is 24.8 Å². The maximum Gasteiger partial charge on any atom is 0.249 e. The molecule has 8 nitrogen and oxygen atoms in total. The van der Waals surface area contributed by atoms with Gasteiger partial charge in [-0.3, -0.25) is 14.4 Å². The third-order valence-corrected chi connectivity index (χ3v) is 9.75. The quantitative estimate of drug-likeness (QED) is 0.347. The Labute approximate surface area is 244 Å². The summed E-state index contributed by atoms with van der Waals surface area (Å²) < 4.78 is 6.94. The van der Waals surface area contributed by atoms with Crippen LogP contribution in [0.1, 0.15) is 58.9 Å². The van der Waals surface area contributed by atoms with Gasteiger partial charge in [0.05, 0.1) is 30.1 Å². The second-order valence-corrected chi connectivity index (χ2v) is 12.4. The van der Waals surface area contributed by atoms with Crippen molar-refractivity contribution in [2.24, 2.45) is 17.8 Å². The van der Waals surface area contributed by atoms with E-state index in [1.54, 1.807) is 9.80 Å². The topological polar surface area (TPSA) is 90.4 Å². The van der Waals surface area contributed by atoms with Gasteiger partial charge in [-0.1, -0.05) is 94.7 Å². The highest BCUT2D eigenvalue weighted by atomic mass is 16.5. The van der Waals surface area contributed by atoms with Gasteiger partial charge in [0.1, 0.15) is 11.6 Å². The van der Waals surface area contributed by atoms with E-state index >= 15 is 0 Å². The molecular weight excluding hydrogens is 518 g/mol. The summed E-state index contributed by atoms with van der Waals surface area (Å²) in [6, 6.07) is 8.33. The Hall–Kier alpha value is -2.97. The highest BCUT2D eigenvalue weighted by molar-refractivity contribution is 6.00. The molecule has 2 fully saturated rings. The van der Waals surface area contributed by atoms with Crippen LogP contribution in [0.15, 0.2) is 54.6 Å². The van der Waals surface area contributed by atoms with E-state index in [0.29, 0.717) is 26.2 Å². The lowest BCUT2D eigenvalue weighted by Gasteiger charge is -2.41. The minimum atomic E-state index is -1.30. The summed E-state index contributed by atoms with van der Waals surface area (Å²) in [6.45, 7) is 9.61. The number of carbonyl (C=O) groups excluding carboxylic acids is 3. The van der Waals surface area contributed by atoms with E-state index < -0.39 is 35.1 Å². The molecule has 4 aliphatic rings. The first kappa shape index (κ1) is 29.5. The van der Waals surface area contributed by atoms with E-state index in [-0.39, 0.29) is 30.2 Å². The van der Waals surface area contributed by atoms with E-state index in [2.05, 4.69) is 6.92 Å². The lowest BCUT2D eigenvalue weighted by Crippen LogP contribution is -2.59. The summed E-state index contributed by atoms with van der Waals surface area (Å²) in [7, 11) is 0. The molecule has 1 unspecified atom stereocenters. The van der Waals surface area contributed by atoms with E-state index in [4.69, 9.17) is 4.74 Å². The maximum atomic E-state index is 14.6. The number of likely N-dealkylation sites (tertiary alicyclic amines) is 1. The number of fused-ring (bicyclic) bond motifs is 2. The lowest BCUT2D eigenvalue weighted by molar-refractivity contribution is -0.157. The Bertz CT molecular complexity index is 1200. The molecule has 4 heterocycles. The first-order chi connectivity index (χ1) is 19.7. The minimum absolute atomic E-state index is 0.0425. The second-order valence-electron chi connectivity index (χ2n) is 12.4. The molecule has 0 radical (unpaired) electrons. The Morgan fingerprint density at radius 2 is 1.66 bits per heavy atom. The molecule has 1 N–H and O–H groups in total. The van der Waals surface area contributed by atoms with Crippen molar-refractivity contribution in [1.29, 1.82) is 0 Å².